The molecule has 2 N–H and O–H groups in total. The lowest BCUT2D eigenvalue weighted by Crippen LogP contribution is -2.26. The van der Waals surface area contributed by atoms with Crippen molar-refractivity contribution in [1.29, 1.82) is 0 Å². The first kappa shape index (κ1) is 15.9. The van der Waals surface area contributed by atoms with Crippen LogP contribution >= 0.6 is 0 Å². The highest BCUT2D eigenvalue weighted by Crippen LogP contribution is 2.27. The molecule has 0 aromatic carbocycles. The molecule has 0 radical (unpaired) electrons. The van der Waals surface area contributed by atoms with Gasteiger partial charge >= 0.3 is 0 Å². The monoisotopic (exact) mass is 279 g/mol. The third-order valence-corrected chi connectivity index (χ3v) is 5.30. The van der Waals surface area contributed by atoms with E-state index in [-0.39, 0.29) is 11.8 Å². The van der Waals surface area contributed by atoms with Gasteiger partial charge in [-0.1, -0.05) is 0 Å². The van der Waals surface area contributed by atoms with Gasteiger partial charge in [0.05, 0.1) is 11.5 Å². The molecule has 1 saturated heterocycles. The molecule has 0 saturated carbocycles. The van der Waals surface area contributed by atoms with E-state index in [1.54, 1.807) is 7.11 Å². The molecule has 0 aromatic heterocycles. The summed E-state index contributed by atoms with van der Waals surface area (Å²) in [6, 6.07) is 0. The number of hydrogen-bond acceptors (Lipinski definition) is 5. The Hall–Kier alpha value is -0.170. The van der Waals surface area contributed by atoms with Crippen LogP contribution in [0.5, 0.6) is 0 Å². The van der Waals surface area contributed by atoms with E-state index in [0.29, 0.717) is 37.9 Å². The Bertz CT molecular complexity index is 318. The Morgan fingerprint density at radius 2 is 2.11 bits per heavy atom. The lowest BCUT2D eigenvalue weighted by Gasteiger charge is -2.20. The summed E-state index contributed by atoms with van der Waals surface area (Å²) in [6.45, 7) is 2.60. The highest BCUT2D eigenvalue weighted by molar-refractivity contribution is 7.91. The van der Waals surface area contributed by atoms with E-state index in [0.717, 1.165) is 19.3 Å². The number of nitrogens with two attached hydrogens (primary N) is 1. The largest absolute Gasteiger partial charge is 0.385 e. The molecule has 2 unspecified atom stereocenters. The average molecular weight is 279 g/mol. The van der Waals surface area contributed by atoms with Crippen LogP contribution in [0, 0.1) is 11.8 Å². The standard InChI is InChI=1S/C12H25NO4S/c1-16-5-2-6-17-7-3-11(9-13)12-4-8-18(14,15)10-12/h11-12H,2-10,13H2,1H3. The smallest absolute Gasteiger partial charge is 0.150 e. The Morgan fingerprint density at radius 1 is 1.33 bits per heavy atom. The quantitative estimate of drug-likeness (QED) is 0.620. The van der Waals surface area contributed by atoms with Crippen molar-refractivity contribution < 1.29 is 17.9 Å². The third-order valence-electron chi connectivity index (χ3n) is 3.51. The van der Waals surface area contributed by atoms with Crippen molar-refractivity contribution >= 4 is 9.84 Å². The van der Waals surface area contributed by atoms with Crippen LogP contribution in [0.3, 0.4) is 0 Å². The van der Waals surface area contributed by atoms with E-state index in [4.69, 9.17) is 15.2 Å². The highest BCUT2D eigenvalue weighted by Gasteiger charge is 2.32. The van der Waals surface area contributed by atoms with E-state index in [1.165, 1.54) is 0 Å². The molecule has 0 aliphatic carbocycles. The van der Waals surface area contributed by atoms with Gasteiger partial charge in [0.15, 0.2) is 9.84 Å². The van der Waals surface area contributed by atoms with Crippen molar-refractivity contribution in [3.8, 4) is 0 Å². The summed E-state index contributed by atoms with van der Waals surface area (Å²) < 4.78 is 33.3. The number of rotatable bonds is 9. The van der Waals surface area contributed by atoms with Gasteiger partial charge in [0.25, 0.3) is 0 Å². The van der Waals surface area contributed by atoms with Crippen LogP contribution in [0.25, 0.3) is 0 Å². The van der Waals surface area contributed by atoms with E-state index >= 15 is 0 Å². The van der Waals surface area contributed by atoms with Gasteiger partial charge in [-0.3, -0.25) is 0 Å². The number of methoxy groups -OCH3 is 1. The van der Waals surface area contributed by atoms with Crippen LogP contribution in [0.1, 0.15) is 19.3 Å². The van der Waals surface area contributed by atoms with E-state index in [2.05, 4.69) is 0 Å². The molecular formula is C12H25NO4S. The molecule has 108 valence electrons. The predicted octanol–water partition coefficient (Wildman–Crippen LogP) is 0.439. The van der Waals surface area contributed by atoms with Gasteiger partial charge in [-0.15, -0.1) is 0 Å². The molecule has 0 bridgehead atoms. The topological polar surface area (TPSA) is 78.6 Å². The Morgan fingerprint density at radius 3 is 2.67 bits per heavy atom. The van der Waals surface area contributed by atoms with Gasteiger partial charge in [-0.2, -0.15) is 0 Å². The molecule has 1 fully saturated rings. The fraction of sp³-hybridized carbons (Fsp3) is 1.00. The molecule has 0 aromatic rings. The van der Waals surface area contributed by atoms with E-state index in [1.807, 2.05) is 0 Å². The SMILES string of the molecule is COCCCOCCC(CN)C1CCS(=O)(=O)C1. The molecule has 1 rings (SSSR count). The molecule has 2 atom stereocenters. The first-order chi connectivity index (χ1) is 8.59. The van der Waals surface area contributed by atoms with Gasteiger partial charge < -0.3 is 15.2 Å². The molecule has 1 aliphatic rings. The van der Waals surface area contributed by atoms with Crippen molar-refractivity contribution in [1.82, 2.24) is 0 Å². The molecule has 1 aliphatic heterocycles. The second kappa shape index (κ2) is 8.09. The summed E-state index contributed by atoms with van der Waals surface area (Å²) in [5.41, 5.74) is 5.73. The number of sulfone groups is 1. The second-order valence-corrected chi connectivity index (χ2v) is 7.14. The maximum atomic E-state index is 11.4. The van der Waals surface area contributed by atoms with Gasteiger partial charge in [-0.25, -0.2) is 8.42 Å². The normalized spacial score (nSPS) is 24.2. The summed E-state index contributed by atoms with van der Waals surface area (Å²) in [7, 11) is -1.13. The van der Waals surface area contributed by atoms with Gasteiger partial charge in [-0.05, 0) is 37.6 Å². The number of ether oxygens (including phenoxy) is 2. The Balaban J connectivity index is 2.18. The second-order valence-electron chi connectivity index (χ2n) is 4.91. The van der Waals surface area contributed by atoms with Crippen molar-refractivity contribution in [3.63, 3.8) is 0 Å². The predicted molar refractivity (Wildman–Crippen MR) is 71.2 cm³/mol. The zero-order valence-corrected chi connectivity index (χ0v) is 12.0. The molecule has 6 heteroatoms. The van der Waals surface area contributed by atoms with Crippen molar-refractivity contribution in [3.05, 3.63) is 0 Å². The minimum Gasteiger partial charge on any atom is -0.385 e. The summed E-state index contributed by atoms with van der Waals surface area (Å²) in [5.74, 6) is 1.12. The Kier molecular flexibility index (Phi) is 7.14. The molecule has 18 heavy (non-hydrogen) atoms. The van der Waals surface area contributed by atoms with Crippen LogP contribution < -0.4 is 5.73 Å². The molecule has 1 heterocycles. The molecular weight excluding hydrogens is 254 g/mol. The summed E-state index contributed by atoms with van der Waals surface area (Å²) in [5, 5.41) is 0. The molecule has 0 spiro atoms. The molecule has 5 nitrogen and oxygen atoms in total. The van der Waals surface area contributed by atoms with Crippen molar-refractivity contribution in [2.75, 3.05) is 45.0 Å². The lowest BCUT2D eigenvalue weighted by molar-refractivity contribution is 0.0896. The highest BCUT2D eigenvalue weighted by atomic mass is 32.2. The van der Waals surface area contributed by atoms with Gasteiger partial charge in [0.2, 0.25) is 0 Å². The summed E-state index contributed by atoms with van der Waals surface area (Å²) in [4.78, 5) is 0. The van der Waals surface area contributed by atoms with Crippen LogP contribution in [-0.4, -0.2) is 53.4 Å². The summed E-state index contributed by atoms with van der Waals surface area (Å²) >= 11 is 0. The first-order valence-corrected chi connectivity index (χ1v) is 8.38. The zero-order chi connectivity index (χ0) is 13.4. The minimum atomic E-state index is -2.81. The van der Waals surface area contributed by atoms with Crippen LogP contribution in [0.15, 0.2) is 0 Å². The number of hydrogen-bond donors (Lipinski definition) is 1. The summed E-state index contributed by atoms with van der Waals surface area (Å²) in [6.07, 6.45) is 2.50. The first-order valence-electron chi connectivity index (χ1n) is 6.56. The minimum absolute atomic E-state index is 0.225. The van der Waals surface area contributed by atoms with Crippen molar-refractivity contribution in [2.45, 2.75) is 19.3 Å². The van der Waals surface area contributed by atoms with Crippen LogP contribution in [0.2, 0.25) is 0 Å². The zero-order valence-electron chi connectivity index (χ0n) is 11.1. The fourth-order valence-corrected chi connectivity index (χ4v) is 4.30. The Labute approximate surface area is 110 Å². The van der Waals surface area contributed by atoms with Crippen molar-refractivity contribution in [2.24, 2.45) is 17.6 Å². The van der Waals surface area contributed by atoms with E-state index < -0.39 is 9.84 Å². The van der Waals surface area contributed by atoms with Crippen LogP contribution in [0.4, 0.5) is 0 Å². The average Bonchev–Trinajstić information content (AvgIpc) is 2.69. The third kappa shape index (κ3) is 5.65. The van der Waals surface area contributed by atoms with Gasteiger partial charge in [0, 0.05) is 26.9 Å². The lowest BCUT2D eigenvalue weighted by atomic mass is 9.89. The van der Waals surface area contributed by atoms with E-state index in [9.17, 15) is 8.42 Å². The van der Waals surface area contributed by atoms with Crippen LogP contribution in [-0.2, 0) is 19.3 Å². The molecule has 0 amide bonds. The maximum absolute atomic E-state index is 11.4. The maximum Gasteiger partial charge on any atom is 0.150 e. The fourth-order valence-electron chi connectivity index (χ4n) is 2.38. The van der Waals surface area contributed by atoms with Gasteiger partial charge in [0.1, 0.15) is 0 Å².